The van der Waals surface area contributed by atoms with Crippen LogP contribution in [0.4, 0.5) is 17.1 Å². The van der Waals surface area contributed by atoms with Gasteiger partial charge in [-0.15, -0.1) is 0 Å². The molecule has 0 atom stereocenters. The second-order valence-electron chi connectivity index (χ2n) is 4.96. The molecule has 0 N–H and O–H groups in total. The lowest BCUT2D eigenvalue weighted by Crippen LogP contribution is -2.11. The fraction of sp³-hybridized carbons (Fsp3) is 0. The molecule has 0 aliphatic carbocycles. The molecule has 0 amide bonds. The van der Waals surface area contributed by atoms with Crippen LogP contribution in [0.3, 0.4) is 0 Å². The molecule has 23 heavy (non-hydrogen) atoms. The summed E-state index contributed by atoms with van der Waals surface area (Å²) in [5, 5.41) is 18.5. The summed E-state index contributed by atoms with van der Waals surface area (Å²) >= 11 is 0. The van der Waals surface area contributed by atoms with Crippen LogP contribution in [0.2, 0.25) is 0 Å². The second-order valence-corrected chi connectivity index (χ2v) is 4.96. The molecule has 0 saturated heterocycles. The van der Waals surface area contributed by atoms with Gasteiger partial charge < -0.3 is 4.90 Å². The molecule has 0 radical (unpaired) electrons. The van der Waals surface area contributed by atoms with Gasteiger partial charge in [-0.05, 0) is 42.5 Å². The van der Waals surface area contributed by atoms with E-state index in [0.29, 0.717) is 11.1 Å². The summed E-state index contributed by atoms with van der Waals surface area (Å²) in [6.07, 6.45) is 0. The number of anilines is 3. The van der Waals surface area contributed by atoms with Crippen molar-refractivity contribution in [1.82, 2.24) is 0 Å². The van der Waals surface area contributed by atoms with Crippen molar-refractivity contribution in [2.45, 2.75) is 0 Å². The van der Waals surface area contributed by atoms with Gasteiger partial charge >= 0.3 is 0 Å². The summed E-state index contributed by atoms with van der Waals surface area (Å²) in [4.78, 5) is 2.01. The van der Waals surface area contributed by atoms with Crippen LogP contribution in [0.25, 0.3) is 0 Å². The van der Waals surface area contributed by atoms with Crippen LogP contribution >= 0.6 is 0 Å². The van der Waals surface area contributed by atoms with Gasteiger partial charge in [0.1, 0.15) is 6.07 Å². The minimum Gasteiger partial charge on any atom is -0.309 e. The lowest BCUT2D eigenvalue weighted by atomic mass is 10.1. The third kappa shape index (κ3) is 2.90. The Hall–Kier alpha value is -3.56. The van der Waals surface area contributed by atoms with Crippen molar-refractivity contribution in [2.75, 3.05) is 4.90 Å². The van der Waals surface area contributed by atoms with Crippen molar-refractivity contribution in [3.05, 3.63) is 90.0 Å². The average molecular weight is 295 g/mol. The molecule has 3 aromatic rings. The molecule has 3 rings (SSSR count). The SMILES string of the molecule is N#Cc1ccc(N(c2ccccc2)c2ccccc2)c(C#N)c1. The number of hydrogen-bond donors (Lipinski definition) is 0. The lowest BCUT2D eigenvalue weighted by molar-refractivity contribution is 1.27. The zero-order valence-corrected chi connectivity index (χ0v) is 12.3. The highest BCUT2D eigenvalue weighted by Crippen LogP contribution is 2.36. The second kappa shape index (κ2) is 6.47. The smallest absolute Gasteiger partial charge is 0.101 e. The predicted octanol–water partition coefficient (Wildman–Crippen LogP) is 4.90. The monoisotopic (exact) mass is 295 g/mol. The summed E-state index contributed by atoms with van der Waals surface area (Å²) in [5.74, 6) is 0. The highest BCUT2D eigenvalue weighted by molar-refractivity contribution is 5.80. The Labute approximate surface area is 135 Å². The maximum Gasteiger partial charge on any atom is 0.101 e. The molecule has 0 fully saturated rings. The van der Waals surface area contributed by atoms with Crippen LogP contribution < -0.4 is 4.90 Å². The fourth-order valence-corrected chi connectivity index (χ4v) is 2.47. The molecule has 0 bridgehead atoms. The van der Waals surface area contributed by atoms with Crippen LogP contribution in [-0.4, -0.2) is 0 Å². The maximum absolute atomic E-state index is 9.50. The highest BCUT2D eigenvalue weighted by Gasteiger charge is 2.15. The van der Waals surface area contributed by atoms with Crippen LogP contribution in [0.1, 0.15) is 11.1 Å². The van der Waals surface area contributed by atoms with E-state index in [1.165, 1.54) is 0 Å². The number of benzene rings is 3. The minimum absolute atomic E-state index is 0.469. The van der Waals surface area contributed by atoms with E-state index in [-0.39, 0.29) is 0 Å². The Bertz CT molecular complexity index is 848. The molecule has 0 aromatic heterocycles. The maximum atomic E-state index is 9.50. The summed E-state index contributed by atoms with van der Waals surface area (Å²) < 4.78 is 0. The molecule has 3 aromatic carbocycles. The summed E-state index contributed by atoms with van der Waals surface area (Å²) in [5.41, 5.74) is 3.62. The van der Waals surface area contributed by atoms with Gasteiger partial charge in [0.2, 0.25) is 0 Å². The molecule has 108 valence electrons. The summed E-state index contributed by atoms with van der Waals surface area (Å²) in [7, 11) is 0. The Morgan fingerprint density at radius 2 is 1.22 bits per heavy atom. The van der Waals surface area contributed by atoms with Crippen LogP contribution in [0, 0.1) is 22.7 Å². The van der Waals surface area contributed by atoms with E-state index >= 15 is 0 Å². The van der Waals surface area contributed by atoms with Gasteiger partial charge in [-0.3, -0.25) is 0 Å². The molecular formula is C20H13N3. The van der Waals surface area contributed by atoms with Crippen molar-refractivity contribution < 1.29 is 0 Å². The topological polar surface area (TPSA) is 50.8 Å². The van der Waals surface area contributed by atoms with E-state index in [9.17, 15) is 5.26 Å². The number of nitrogens with zero attached hydrogens (tertiary/aromatic N) is 3. The Morgan fingerprint density at radius 1 is 0.652 bits per heavy atom. The Balaban J connectivity index is 2.22. The van der Waals surface area contributed by atoms with Crippen LogP contribution in [-0.2, 0) is 0 Å². The largest absolute Gasteiger partial charge is 0.309 e. The normalized spacial score (nSPS) is 9.65. The van der Waals surface area contributed by atoms with E-state index in [2.05, 4.69) is 12.1 Å². The lowest BCUT2D eigenvalue weighted by Gasteiger charge is -2.26. The van der Waals surface area contributed by atoms with E-state index in [1.807, 2.05) is 71.6 Å². The molecule has 0 aliphatic rings. The van der Waals surface area contributed by atoms with Crippen LogP contribution in [0.5, 0.6) is 0 Å². The third-order valence-electron chi connectivity index (χ3n) is 3.52. The number of nitriles is 2. The van der Waals surface area contributed by atoms with E-state index in [4.69, 9.17) is 5.26 Å². The quantitative estimate of drug-likeness (QED) is 0.690. The van der Waals surface area contributed by atoms with Crippen molar-refractivity contribution in [3.63, 3.8) is 0 Å². The van der Waals surface area contributed by atoms with Crippen molar-refractivity contribution >= 4 is 17.1 Å². The number of rotatable bonds is 3. The van der Waals surface area contributed by atoms with Crippen molar-refractivity contribution in [1.29, 1.82) is 10.5 Å². The first-order valence-electron chi connectivity index (χ1n) is 7.18. The molecule has 0 unspecified atom stereocenters. The first kappa shape index (κ1) is 14.4. The molecule has 3 nitrogen and oxygen atoms in total. The molecule has 0 heterocycles. The zero-order valence-electron chi connectivity index (χ0n) is 12.3. The Kier molecular flexibility index (Phi) is 4.05. The van der Waals surface area contributed by atoms with Gasteiger partial charge in [-0.25, -0.2) is 0 Å². The fourth-order valence-electron chi connectivity index (χ4n) is 2.47. The van der Waals surface area contributed by atoms with E-state index < -0.39 is 0 Å². The third-order valence-corrected chi connectivity index (χ3v) is 3.52. The Morgan fingerprint density at radius 3 is 1.70 bits per heavy atom. The van der Waals surface area contributed by atoms with Crippen molar-refractivity contribution in [2.24, 2.45) is 0 Å². The minimum atomic E-state index is 0.469. The first-order chi connectivity index (χ1) is 11.3. The van der Waals surface area contributed by atoms with Gasteiger partial charge in [0.25, 0.3) is 0 Å². The number of para-hydroxylation sites is 2. The molecule has 0 spiro atoms. The number of hydrogen-bond acceptors (Lipinski definition) is 3. The summed E-state index contributed by atoms with van der Waals surface area (Å²) in [6, 6.07) is 29.2. The van der Waals surface area contributed by atoms with Gasteiger partial charge in [0, 0.05) is 11.4 Å². The van der Waals surface area contributed by atoms with E-state index in [0.717, 1.165) is 17.1 Å². The van der Waals surface area contributed by atoms with Gasteiger partial charge in [0.15, 0.2) is 0 Å². The first-order valence-corrected chi connectivity index (χ1v) is 7.18. The molecule has 0 aliphatic heterocycles. The van der Waals surface area contributed by atoms with Gasteiger partial charge in [0.05, 0.1) is 22.9 Å². The van der Waals surface area contributed by atoms with Crippen LogP contribution in [0.15, 0.2) is 78.9 Å². The van der Waals surface area contributed by atoms with Gasteiger partial charge in [-0.1, -0.05) is 36.4 Å². The van der Waals surface area contributed by atoms with Crippen molar-refractivity contribution in [3.8, 4) is 12.1 Å². The van der Waals surface area contributed by atoms with E-state index in [1.54, 1.807) is 12.1 Å². The average Bonchev–Trinajstić information content (AvgIpc) is 2.64. The molecular weight excluding hydrogens is 282 g/mol. The summed E-state index contributed by atoms with van der Waals surface area (Å²) in [6.45, 7) is 0. The standard InChI is InChI=1S/C20H13N3/c21-14-16-11-12-20(17(13-16)15-22)23(18-7-3-1-4-8-18)19-9-5-2-6-10-19/h1-13H. The molecule has 0 saturated carbocycles. The molecule has 3 heteroatoms. The van der Waals surface area contributed by atoms with Gasteiger partial charge in [-0.2, -0.15) is 10.5 Å². The highest BCUT2D eigenvalue weighted by atomic mass is 15.1. The zero-order chi connectivity index (χ0) is 16.1. The predicted molar refractivity (Wildman–Crippen MR) is 90.6 cm³/mol.